The number of rotatable bonds is 6. The summed E-state index contributed by atoms with van der Waals surface area (Å²) in [7, 11) is 1.74. The van der Waals surface area contributed by atoms with Crippen molar-refractivity contribution < 1.29 is 4.74 Å². The van der Waals surface area contributed by atoms with Crippen LogP contribution in [0.15, 0.2) is 12.2 Å². The Morgan fingerprint density at radius 2 is 1.90 bits per heavy atom. The minimum absolute atomic E-state index is 0.850. The minimum atomic E-state index is 0.850. The van der Waals surface area contributed by atoms with E-state index in [0.717, 1.165) is 13.0 Å². The Kier molecular flexibility index (Phi) is 8.44. The summed E-state index contributed by atoms with van der Waals surface area (Å²) in [4.78, 5) is 0. The van der Waals surface area contributed by atoms with Crippen LogP contribution in [0.4, 0.5) is 0 Å². The molecule has 0 aromatic heterocycles. The smallest absolute Gasteiger partial charge is 0.0496 e. The maximum absolute atomic E-state index is 4.90. The predicted octanol–water partition coefficient (Wildman–Crippen LogP) is 2.77. The van der Waals surface area contributed by atoms with Gasteiger partial charge in [0.25, 0.3) is 0 Å². The molecule has 0 spiro atoms. The molecule has 0 amide bonds. The van der Waals surface area contributed by atoms with E-state index in [9.17, 15) is 0 Å². The lowest BCUT2D eigenvalue weighted by Gasteiger charge is -1.91. The lowest BCUT2D eigenvalue weighted by molar-refractivity contribution is 0.204. The standard InChI is InChI=1S/C9H18O/c1-3-4-5-6-7-8-9-10-2/h6-7H,3-5,8-9H2,1-2H3/b7-6+. The van der Waals surface area contributed by atoms with Crippen molar-refractivity contribution in [2.45, 2.75) is 32.6 Å². The van der Waals surface area contributed by atoms with Crippen molar-refractivity contribution in [1.29, 1.82) is 0 Å². The number of allylic oxidation sites excluding steroid dienone is 1. The first-order valence-corrected chi connectivity index (χ1v) is 4.05. The van der Waals surface area contributed by atoms with E-state index in [1.54, 1.807) is 7.11 Å². The normalized spacial score (nSPS) is 11.0. The van der Waals surface area contributed by atoms with Crippen molar-refractivity contribution in [3.63, 3.8) is 0 Å². The summed E-state index contributed by atoms with van der Waals surface area (Å²) in [5.74, 6) is 0. The molecule has 0 radical (unpaired) electrons. The van der Waals surface area contributed by atoms with Gasteiger partial charge in [0.1, 0.15) is 0 Å². The lowest BCUT2D eigenvalue weighted by Crippen LogP contribution is -1.83. The van der Waals surface area contributed by atoms with Crippen molar-refractivity contribution in [1.82, 2.24) is 0 Å². The first kappa shape index (κ1) is 9.70. The molecule has 60 valence electrons. The average Bonchev–Trinajstić information content (AvgIpc) is 1.97. The summed E-state index contributed by atoms with van der Waals surface area (Å²) >= 11 is 0. The topological polar surface area (TPSA) is 9.23 Å². The van der Waals surface area contributed by atoms with Gasteiger partial charge in [-0.15, -0.1) is 0 Å². The second-order valence-corrected chi connectivity index (χ2v) is 2.40. The molecule has 0 saturated heterocycles. The maximum atomic E-state index is 4.90. The molecule has 0 rings (SSSR count). The molecular weight excluding hydrogens is 124 g/mol. The first-order chi connectivity index (χ1) is 4.91. The number of unbranched alkanes of at least 4 members (excludes halogenated alkanes) is 2. The highest BCUT2D eigenvalue weighted by atomic mass is 16.5. The van der Waals surface area contributed by atoms with Crippen LogP contribution in [0.5, 0.6) is 0 Å². The van der Waals surface area contributed by atoms with Gasteiger partial charge in [-0.1, -0.05) is 31.9 Å². The molecule has 0 saturated carbocycles. The summed E-state index contributed by atoms with van der Waals surface area (Å²) in [5.41, 5.74) is 0. The zero-order valence-corrected chi connectivity index (χ0v) is 7.10. The summed E-state index contributed by atoms with van der Waals surface area (Å²) in [6.45, 7) is 3.06. The molecule has 10 heavy (non-hydrogen) atoms. The van der Waals surface area contributed by atoms with E-state index < -0.39 is 0 Å². The molecule has 0 unspecified atom stereocenters. The molecule has 0 aromatic carbocycles. The largest absolute Gasteiger partial charge is 0.384 e. The quantitative estimate of drug-likeness (QED) is 0.409. The van der Waals surface area contributed by atoms with Crippen molar-refractivity contribution in [3.05, 3.63) is 12.2 Å². The molecule has 0 aliphatic carbocycles. The van der Waals surface area contributed by atoms with Gasteiger partial charge in [-0.25, -0.2) is 0 Å². The summed E-state index contributed by atoms with van der Waals surface area (Å²) in [5, 5.41) is 0. The zero-order valence-electron chi connectivity index (χ0n) is 7.10. The molecule has 0 fully saturated rings. The third kappa shape index (κ3) is 7.70. The molecule has 1 heteroatoms. The van der Waals surface area contributed by atoms with Gasteiger partial charge in [0, 0.05) is 13.7 Å². The number of methoxy groups -OCH3 is 1. The highest BCUT2D eigenvalue weighted by molar-refractivity contribution is 4.80. The minimum Gasteiger partial charge on any atom is -0.384 e. The highest BCUT2D eigenvalue weighted by Gasteiger charge is 1.78. The van der Waals surface area contributed by atoms with Crippen LogP contribution in [-0.2, 0) is 4.74 Å². The lowest BCUT2D eigenvalue weighted by atomic mass is 10.2. The molecule has 0 aliphatic heterocycles. The summed E-state index contributed by atoms with van der Waals surface area (Å²) in [6.07, 6.45) is 9.31. The average molecular weight is 142 g/mol. The van der Waals surface area contributed by atoms with Crippen LogP contribution in [0, 0.1) is 0 Å². The van der Waals surface area contributed by atoms with Gasteiger partial charge < -0.3 is 4.74 Å². The second-order valence-electron chi connectivity index (χ2n) is 2.40. The molecule has 0 aliphatic rings. The first-order valence-electron chi connectivity index (χ1n) is 4.05. The summed E-state index contributed by atoms with van der Waals surface area (Å²) < 4.78 is 4.90. The fraction of sp³-hybridized carbons (Fsp3) is 0.778. The fourth-order valence-electron chi connectivity index (χ4n) is 0.744. The highest BCUT2D eigenvalue weighted by Crippen LogP contribution is 1.95. The van der Waals surface area contributed by atoms with Crippen LogP contribution in [0.1, 0.15) is 32.6 Å². The van der Waals surface area contributed by atoms with Crippen LogP contribution < -0.4 is 0 Å². The van der Waals surface area contributed by atoms with Crippen molar-refractivity contribution in [2.24, 2.45) is 0 Å². The van der Waals surface area contributed by atoms with E-state index >= 15 is 0 Å². The van der Waals surface area contributed by atoms with Gasteiger partial charge >= 0.3 is 0 Å². The Bertz CT molecular complexity index is 66.8. The van der Waals surface area contributed by atoms with Crippen LogP contribution >= 0.6 is 0 Å². The Balaban J connectivity index is 2.89. The van der Waals surface area contributed by atoms with Gasteiger partial charge in [0.15, 0.2) is 0 Å². The van der Waals surface area contributed by atoms with Gasteiger partial charge in [-0.3, -0.25) is 0 Å². The third-order valence-corrected chi connectivity index (χ3v) is 1.38. The molecular formula is C9H18O. The molecule has 0 atom stereocenters. The van der Waals surface area contributed by atoms with Crippen molar-refractivity contribution in [3.8, 4) is 0 Å². The maximum Gasteiger partial charge on any atom is 0.0496 e. The van der Waals surface area contributed by atoms with Crippen LogP contribution in [-0.4, -0.2) is 13.7 Å². The van der Waals surface area contributed by atoms with Crippen molar-refractivity contribution >= 4 is 0 Å². The van der Waals surface area contributed by atoms with Gasteiger partial charge in [-0.05, 0) is 12.8 Å². The second kappa shape index (κ2) is 8.70. The molecule has 1 nitrogen and oxygen atoms in total. The van der Waals surface area contributed by atoms with Crippen LogP contribution in [0.3, 0.4) is 0 Å². The van der Waals surface area contributed by atoms with E-state index in [4.69, 9.17) is 4.74 Å². The van der Waals surface area contributed by atoms with Gasteiger partial charge in [0.2, 0.25) is 0 Å². The zero-order chi connectivity index (χ0) is 7.66. The predicted molar refractivity (Wildman–Crippen MR) is 45.2 cm³/mol. The van der Waals surface area contributed by atoms with Crippen molar-refractivity contribution in [2.75, 3.05) is 13.7 Å². The van der Waals surface area contributed by atoms with E-state index in [-0.39, 0.29) is 0 Å². The third-order valence-electron chi connectivity index (χ3n) is 1.38. The van der Waals surface area contributed by atoms with Crippen LogP contribution in [0.2, 0.25) is 0 Å². The Morgan fingerprint density at radius 3 is 2.50 bits per heavy atom. The van der Waals surface area contributed by atoms with Gasteiger partial charge in [0.05, 0.1) is 0 Å². The molecule has 0 N–H and O–H groups in total. The fourth-order valence-corrected chi connectivity index (χ4v) is 0.744. The summed E-state index contributed by atoms with van der Waals surface area (Å²) in [6, 6.07) is 0. The van der Waals surface area contributed by atoms with Crippen LogP contribution in [0.25, 0.3) is 0 Å². The Hall–Kier alpha value is -0.300. The monoisotopic (exact) mass is 142 g/mol. The molecule has 0 aromatic rings. The Labute approximate surface area is 64.1 Å². The molecule has 0 bridgehead atoms. The molecule has 0 heterocycles. The number of hydrogen-bond acceptors (Lipinski definition) is 1. The Morgan fingerprint density at radius 1 is 1.20 bits per heavy atom. The number of hydrogen-bond donors (Lipinski definition) is 0. The number of ether oxygens (including phenoxy) is 1. The van der Waals surface area contributed by atoms with E-state index in [2.05, 4.69) is 19.1 Å². The van der Waals surface area contributed by atoms with E-state index in [1.165, 1.54) is 19.3 Å². The van der Waals surface area contributed by atoms with E-state index in [1.807, 2.05) is 0 Å². The SMILES string of the molecule is CCCC/C=C/CCOC. The van der Waals surface area contributed by atoms with E-state index in [0.29, 0.717) is 0 Å². The van der Waals surface area contributed by atoms with Gasteiger partial charge in [-0.2, -0.15) is 0 Å².